The summed E-state index contributed by atoms with van der Waals surface area (Å²) >= 11 is 6.14. The van der Waals surface area contributed by atoms with Gasteiger partial charge in [-0.1, -0.05) is 35.4 Å². The minimum absolute atomic E-state index is 0.151. The Morgan fingerprint density at radius 1 is 1.21 bits per heavy atom. The number of hydrogen-bond acceptors (Lipinski definition) is 3. The van der Waals surface area contributed by atoms with Gasteiger partial charge in [-0.2, -0.15) is 0 Å². The lowest BCUT2D eigenvalue weighted by atomic mass is 10.1. The van der Waals surface area contributed by atoms with Crippen LogP contribution in [0.5, 0.6) is 0 Å². The Hall–Kier alpha value is -2.83. The van der Waals surface area contributed by atoms with Crippen LogP contribution in [0.25, 0.3) is 10.9 Å². The van der Waals surface area contributed by atoms with Gasteiger partial charge in [0.25, 0.3) is 5.56 Å². The number of urea groups is 1. The van der Waals surface area contributed by atoms with E-state index in [-0.39, 0.29) is 18.1 Å². The van der Waals surface area contributed by atoms with Crippen molar-refractivity contribution in [3.63, 3.8) is 0 Å². The van der Waals surface area contributed by atoms with Gasteiger partial charge in [0.1, 0.15) is 0 Å². The topological polar surface area (TPSA) is 74.4 Å². The molecule has 0 aliphatic rings. The third-order valence-electron chi connectivity index (χ3n) is 4.70. The Morgan fingerprint density at radius 3 is 2.69 bits per heavy atom. The number of rotatable bonds is 6. The van der Waals surface area contributed by atoms with Crippen molar-refractivity contribution in [2.75, 3.05) is 25.6 Å². The predicted octanol–water partition coefficient (Wildman–Crippen LogP) is 4.48. The molecule has 0 fully saturated rings. The second-order valence-corrected chi connectivity index (χ2v) is 7.40. The van der Waals surface area contributed by atoms with E-state index in [1.807, 2.05) is 32.0 Å². The molecule has 0 spiro atoms. The number of aromatic amines is 1. The van der Waals surface area contributed by atoms with Crippen molar-refractivity contribution >= 4 is 34.2 Å². The first-order valence-corrected chi connectivity index (χ1v) is 9.69. The van der Waals surface area contributed by atoms with Crippen LogP contribution in [0.3, 0.4) is 0 Å². The van der Waals surface area contributed by atoms with Gasteiger partial charge in [-0.25, -0.2) is 4.79 Å². The predicted molar refractivity (Wildman–Crippen MR) is 117 cm³/mol. The van der Waals surface area contributed by atoms with E-state index in [0.29, 0.717) is 29.4 Å². The number of para-hydroxylation sites is 1. The lowest BCUT2D eigenvalue weighted by molar-refractivity contribution is 0.152. The molecule has 2 aromatic carbocycles. The standard InChI is InChI=1S/C22H24ClN3O3/c1-14-10-15(2)20-16(11-14)12-17(21(27)25-20)13-26(8-9-29-3)22(28)24-19-7-5-4-6-18(19)23/h4-7,10-12H,8-9,13H2,1-3H3,(H,24,28)(H,25,27). The fourth-order valence-corrected chi connectivity index (χ4v) is 3.45. The number of aromatic nitrogens is 1. The summed E-state index contributed by atoms with van der Waals surface area (Å²) in [6, 6.07) is 12.6. The monoisotopic (exact) mass is 413 g/mol. The molecule has 0 saturated heterocycles. The molecule has 0 atom stereocenters. The Balaban J connectivity index is 1.90. The zero-order valence-corrected chi connectivity index (χ0v) is 17.5. The van der Waals surface area contributed by atoms with Crippen molar-refractivity contribution in [2.24, 2.45) is 0 Å². The summed E-state index contributed by atoms with van der Waals surface area (Å²) in [4.78, 5) is 30.0. The molecular weight excluding hydrogens is 390 g/mol. The number of hydrogen-bond donors (Lipinski definition) is 2. The molecule has 3 aromatic rings. The Morgan fingerprint density at radius 2 is 1.97 bits per heavy atom. The lowest BCUT2D eigenvalue weighted by Crippen LogP contribution is -2.38. The summed E-state index contributed by atoms with van der Waals surface area (Å²) in [5.74, 6) is 0. The highest BCUT2D eigenvalue weighted by Gasteiger charge is 2.17. The summed E-state index contributed by atoms with van der Waals surface area (Å²) < 4.78 is 5.13. The quantitative estimate of drug-likeness (QED) is 0.625. The van der Waals surface area contributed by atoms with E-state index in [2.05, 4.69) is 10.3 Å². The molecule has 6 nitrogen and oxygen atoms in total. The summed E-state index contributed by atoms with van der Waals surface area (Å²) in [6.07, 6.45) is 0. The molecule has 2 amide bonds. The van der Waals surface area contributed by atoms with Crippen LogP contribution in [0.4, 0.5) is 10.5 Å². The number of halogens is 1. The molecule has 2 N–H and O–H groups in total. The SMILES string of the molecule is COCCN(Cc1cc2cc(C)cc(C)c2[nH]c1=O)C(=O)Nc1ccccc1Cl. The number of carbonyl (C=O) groups is 1. The molecule has 0 unspecified atom stereocenters. The van der Waals surface area contributed by atoms with Crippen molar-refractivity contribution in [1.29, 1.82) is 0 Å². The van der Waals surface area contributed by atoms with Crippen LogP contribution >= 0.6 is 11.6 Å². The number of nitrogens with one attached hydrogen (secondary N) is 2. The molecule has 0 bridgehead atoms. The number of amides is 2. The molecular formula is C22H24ClN3O3. The third-order valence-corrected chi connectivity index (χ3v) is 5.03. The maximum atomic E-state index is 12.8. The number of benzene rings is 2. The Bertz CT molecular complexity index is 1090. The lowest BCUT2D eigenvalue weighted by Gasteiger charge is -2.23. The minimum atomic E-state index is -0.352. The van der Waals surface area contributed by atoms with Crippen LogP contribution in [-0.4, -0.2) is 36.2 Å². The second kappa shape index (κ2) is 9.11. The number of methoxy groups -OCH3 is 1. The number of carbonyl (C=O) groups excluding carboxylic acids is 1. The molecule has 0 aliphatic carbocycles. The van der Waals surface area contributed by atoms with Crippen LogP contribution in [0.2, 0.25) is 5.02 Å². The third kappa shape index (κ3) is 4.96. The van der Waals surface area contributed by atoms with Gasteiger partial charge in [-0.05, 0) is 49.1 Å². The van der Waals surface area contributed by atoms with Crippen LogP contribution in [-0.2, 0) is 11.3 Å². The Kier molecular flexibility index (Phi) is 6.56. The number of anilines is 1. The average Bonchev–Trinajstić information content (AvgIpc) is 2.67. The van der Waals surface area contributed by atoms with Crippen molar-refractivity contribution in [3.8, 4) is 0 Å². The maximum absolute atomic E-state index is 12.8. The first kappa shape index (κ1) is 20.9. The number of nitrogens with zero attached hydrogens (tertiary/aromatic N) is 1. The number of H-pyrrole nitrogens is 1. The van der Waals surface area contributed by atoms with E-state index in [9.17, 15) is 9.59 Å². The zero-order valence-electron chi connectivity index (χ0n) is 16.7. The van der Waals surface area contributed by atoms with Gasteiger partial charge >= 0.3 is 6.03 Å². The highest BCUT2D eigenvalue weighted by Crippen LogP contribution is 2.22. The van der Waals surface area contributed by atoms with Gasteiger partial charge in [0, 0.05) is 19.2 Å². The van der Waals surface area contributed by atoms with Crippen molar-refractivity contribution < 1.29 is 9.53 Å². The van der Waals surface area contributed by atoms with Crippen LogP contribution in [0.15, 0.2) is 47.3 Å². The molecule has 7 heteroatoms. The molecule has 3 rings (SSSR count). The number of fused-ring (bicyclic) bond motifs is 1. The van der Waals surface area contributed by atoms with Gasteiger partial charge in [0.2, 0.25) is 0 Å². The maximum Gasteiger partial charge on any atom is 0.322 e. The van der Waals surface area contributed by atoms with Crippen molar-refractivity contribution in [2.45, 2.75) is 20.4 Å². The smallest absolute Gasteiger partial charge is 0.322 e. The first-order chi connectivity index (χ1) is 13.9. The van der Waals surface area contributed by atoms with Crippen molar-refractivity contribution in [3.05, 3.63) is 74.5 Å². The van der Waals surface area contributed by atoms with Crippen LogP contribution in [0.1, 0.15) is 16.7 Å². The fourth-order valence-electron chi connectivity index (χ4n) is 3.27. The molecule has 0 saturated carbocycles. The number of pyridine rings is 1. The molecule has 1 aromatic heterocycles. The van der Waals surface area contributed by atoms with E-state index in [4.69, 9.17) is 16.3 Å². The van der Waals surface area contributed by atoms with Gasteiger partial charge in [0.05, 0.1) is 29.4 Å². The molecule has 1 heterocycles. The first-order valence-electron chi connectivity index (χ1n) is 9.31. The number of ether oxygens (including phenoxy) is 1. The summed E-state index contributed by atoms with van der Waals surface area (Å²) in [5.41, 5.74) is 3.75. The van der Waals surface area contributed by atoms with E-state index < -0.39 is 0 Å². The van der Waals surface area contributed by atoms with Crippen molar-refractivity contribution in [1.82, 2.24) is 9.88 Å². The van der Waals surface area contributed by atoms with Gasteiger partial charge in [-0.3, -0.25) is 4.79 Å². The largest absolute Gasteiger partial charge is 0.383 e. The minimum Gasteiger partial charge on any atom is -0.383 e. The van der Waals surface area contributed by atoms with E-state index in [0.717, 1.165) is 22.0 Å². The molecule has 152 valence electrons. The highest BCUT2D eigenvalue weighted by molar-refractivity contribution is 6.33. The molecule has 29 heavy (non-hydrogen) atoms. The van der Waals surface area contributed by atoms with Gasteiger partial charge in [-0.15, -0.1) is 0 Å². The summed E-state index contributed by atoms with van der Waals surface area (Å²) in [5, 5.41) is 4.19. The van der Waals surface area contributed by atoms with E-state index in [1.165, 1.54) is 4.90 Å². The van der Waals surface area contributed by atoms with Gasteiger partial charge in [0.15, 0.2) is 0 Å². The normalized spacial score (nSPS) is 10.9. The van der Waals surface area contributed by atoms with Crippen LogP contribution < -0.4 is 10.9 Å². The highest BCUT2D eigenvalue weighted by atomic mass is 35.5. The van der Waals surface area contributed by atoms with E-state index in [1.54, 1.807) is 31.4 Å². The second-order valence-electron chi connectivity index (χ2n) is 6.99. The fraction of sp³-hybridized carbons (Fsp3) is 0.273. The van der Waals surface area contributed by atoms with E-state index >= 15 is 0 Å². The Labute approximate surface area is 174 Å². The number of aryl methyl sites for hydroxylation is 2. The molecule has 0 radical (unpaired) electrons. The van der Waals surface area contributed by atoms with Crippen LogP contribution in [0, 0.1) is 13.8 Å². The zero-order chi connectivity index (χ0) is 21.0. The molecule has 0 aliphatic heterocycles. The summed E-state index contributed by atoms with van der Waals surface area (Å²) in [7, 11) is 1.57. The van der Waals surface area contributed by atoms with Gasteiger partial charge < -0.3 is 19.9 Å². The summed E-state index contributed by atoms with van der Waals surface area (Å²) in [6.45, 7) is 4.81. The average molecular weight is 414 g/mol.